The van der Waals surface area contributed by atoms with Gasteiger partial charge in [-0.15, -0.1) is 0 Å². The molecule has 1 saturated carbocycles. The van der Waals surface area contributed by atoms with E-state index in [1.807, 2.05) is 62.4 Å². The zero-order valence-corrected chi connectivity index (χ0v) is 27.3. The number of aliphatic hydroxyl groups is 1. The van der Waals surface area contributed by atoms with E-state index >= 15 is 0 Å². The van der Waals surface area contributed by atoms with Crippen LogP contribution in [-0.2, 0) is 23.9 Å². The Morgan fingerprint density at radius 1 is 1.02 bits per heavy atom. The Labute approximate surface area is 276 Å². The number of hydrogen-bond acceptors (Lipinski definition) is 7. The van der Waals surface area contributed by atoms with Gasteiger partial charge >= 0.3 is 12.1 Å². The third-order valence-electron chi connectivity index (χ3n) is 9.74. The van der Waals surface area contributed by atoms with Crippen LogP contribution in [0.1, 0.15) is 82.3 Å². The number of amides is 3. The van der Waals surface area contributed by atoms with Gasteiger partial charge in [-0.05, 0) is 60.3 Å². The molecule has 0 bridgehead atoms. The van der Waals surface area contributed by atoms with Crippen molar-refractivity contribution < 1.29 is 33.8 Å². The number of nitrogens with one attached hydrogen (secondary N) is 3. The lowest BCUT2D eigenvalue weighted by molar-refractivity contribution is -0.148. The summed E-state index contributed by atoms with van der Waals surface area (Å²) in [5, 5.41) is 18.6. The van der Waals surface area contributed by atoms with Gasteiger partial charge < -0.3 is 30.5 Å². The van der Waals surface area contributed by atoms with Crippen LogP contribution in [0.3, 0.4) is 0 Å². The fourth-order valence-electron chi connectivity index (χ4n) is 6.87. The number of aliphatic hydroxyl groups excluding tert-OH is 1. The monoisotopic (exact) mass is 645 g/mol. The Morgan fingerprint density at radius 2 is 1.68 bits per heavy atom. The number of cyclic esters (lactones) is 1. The summed E-state index contributed by atoms with van der Waals surface area (Å²) in [7, 11) is 0. The maximum atomic E-state index is 13.4. The van der Waals surface area contributed by atoms with Crippen LogP contribution in [0.25, 0.3) is 11.1 Å². The number of allylic oxidation sites excluding steroid dienone is 2. The Balaban J connectivity index is 1.21. The first-order valence-corrected chi connectivity index (χ1v) is 16.8. The van der Waals surface area contributed by atoms with Gasteiger partial charge in [-0.1, -0.05) is 87.4 Å². The lowest BCUT2D eigenvalue weighted by Crippen LogP contribution is -2.51. The summed E-state index contributed by atoms with van der Waals surface area (Å²) in [6, 6.07) is 14.7. The number of hydrogen-bond donors (Lipinski definition) is 4. The zero-order valence-electron chi connectivity index (χ0n) is 27.3. The quantitative estimate of drug-likeness (QED) is 0.240. The van der Waals surface area contributed by atoms with E-state index in [0.29, 0.717) is 12.8 Å². The Morgan fingerprint density at radius 3 is 2.32 bits per heavy atom. The molecule has 2 aliphatic carbocycles. The van der Waals surface area contributed by atoms with Crippen LogP contribution in [0.15, 0.2) is 60.7 Å². The molecule has 3 atom stereocenters. The van der Waals surface area contributed by atoms with E-state index in [1.54, 1.807) is 0 Å². The second-order valence-corrected chi connectivity index (χ2v) is 13.4. The minimum atomic E-state index is -0.942. The Bertz CT molecular complexity index is 1420. The maximum absolute atomic E-state index is 13.4. The predicted molar refractivity (Wildman–Crippen MR) is 177 cm³/mol. The summed E-state index contributed by atoms with van der Waals surface area (Å²) in [5.74, 6) is -1.97. The number of esters is 1. The van der Waals surface area contributed by atoms with Gasteiger partial charge in [-0.3, -0.25) is 9.59 Å². The zero-order chi connectivity index (χ0) is 33.4. The molecule has 2 aromatic rings. The van der Waals surface area contributed by atoms with Gasteiger partial charge in [-0.2, -0.15) is 0 Å². The van der Waals surface area contributed by atoms with Crippen LogP contribution in [0.2, 0.25) is 0 Å². The standard InChI is InChI=1S/C37H47N3O7/c1-24(2)32-22-46-35(44)31(39-36(45)47-21-30-28-15-8-6-13-26(28)27-14-7-9-16-29(27)30)17-5-3-4-12-25(34(43)38-32)20-33(42)40-37(23-41)18-10-11-19-37/h3-4,6-9,13-16,24-25,30-32,41H,5,10-12,17-23H2,1-2H3,(H,38,43)(H,39,45)(H,40,42). The maximum Gasteiger partial charge on any atom is 0.407 e. The van der Waals surface area contributed by atoms with Crippen LogP contribution in [0.4, 0.5) is 4.79 Å². The number of carbonyl (C=O) groups is 4. The van der Waals surface area contributed by atoms with Gasteiger partial charge in [-0.25, -0.2) is 9.59 Å². The summed E-state index contributed by atoms with van der Waals surface area (Å²) in [6.45, 7) is 3.75. The molecule has 1 fully saturated rings. The van der Waals surface area contributed by atoms with Crippen molar-refractivity contribution in [1.82, 2.24) is 16.0 Å². The van der Waals surface area contributed by atoms with Crippen LogP contribution in [-0.4, -0.2) is 66.4 Å². The largest absolute Gasteiger partial charge is 0.462 e. The molecule has 4 N–H and O–H groups in total. The molecule has 3 aliphatic rings. The van der Waals surface area contributed by atoms with Crippen molar-refractivity contribution in [3.8, 4) is 11.1 Å². The first kappa shape index (κ1) is 34.2. The van der Waals surface area contributed by atoms with Crippen molar-refractivity contribution in [1.29, 1.82) is 0 Å². The lowest BCUT2D eigenvalue weighted by Gasteiger charge is -2.29. The Kier molecular flexibility index (Phi) is 11.3. The molecule has 1 heterocycles. The molecule has 2 aromatic carbocycles. The van der Waals surface area contributed by atoms with Crippen LogP contribution < -0.4 is 16.0 Å². The number of benzene rings is 2. The second kappa shape index (κ2) is 15.6. The fourth-order valence-corrected chi connectivity index (χ4v) is 6.87. The summed E-state index contributed by atoms with van der Waals surface area (Å²) in [5.41, 5.74) is 3.83. The molecule has 0 aromatic heterocycles. The molecule has 0 spiro atoms. The van der Waals surface area contributed by atoms with Gasteiger partial charge in [0, 0.05) is 12.3 Å². The number of ether oxygens (including phenoxy) is 2. The van der Waals surface area contributed by atoms with Crippen LogP contribution in [0, 0.1) is 11.8 Å². The van der Waals surface area contributed by atoms with E-state index in [4.69, 9.17) is 9.47 Å². The van der Waals surface area contributed by atoms with Crippen LogP contribution in [0.5, 0.6) is 0 Å². The molecule has 10 nitrogen and oxygen atoms in total. The molecule has 47 heavy (non-hydrogen) atoms. The second-order valence-electron chi connectivity index (χ2n) is 13.4. The highest BCUT2D eigenvalue weighted by molar-refractivity contribution is 5.86. The van der Waals surface area contributed by atoms with Crippen molar-refractivity contribution in [3.63, 3.8) is 0 Å². The molecule has 10 heteroatoms. The van der Waals surface area contributed by atoms with Crippen molar-refractivity contribution in [2.75, 3.05) is 19.8 Å². The first-order chi connectivity index (χ1) is 22.7. The SMILES string of the molecule is CC(C)C1COC(=O)C(NC(=O)OCC2c3ccccc3-c3ccccc32)CCC=CCC(CC(=O)NC2(CO)CCCC2)C(=O)N1. The number of fused-ring (bicyclic) bond motifs is 3. The smallest absolute Gasteiger partial charge is 0.407 e. The summed E-state index contributed by atoms with van der Waals surface area (Å²) >= 11 is 0. The van der Waals surface area contributed by atoms with E-state index in [9.17, 15) is 24.3 Å². The van der Waals surface area contributed by atoms with Gasteiger partial charge in [0.05, 0.1) is 24.1 Å². The van der Waals surface area contributed by atoms with E-state index in [-0.39, 0.29) is 56.3 Å². The Hall–Kier alpha value is -4.18. The van der Waals surface area contributed by atoms with Gasteiger partial charge in [0.15, 0.2) is 0 Å². The molecule has 0 saturated heterocycles. The van der Waals surface area contributed by atoms with E-state index in [0.717, 1.165) is 47.9 Å². The first-order valence-electron chi connectivity index (χ1n) is 16.8. The minimum Gasteiger partial charge on any atom is -0.462 e. The molecule has 3 unspecified atom stereocenters. The van der Waals surface area contributed by atoms with Crippen molar-refractivity contribution in [3.05, 3.63) is 71.8 Å². The average Bonchev–Trinajstić information content (AvgIpc) is 3.66. The summed E-state index contributed by atoms with van der Waals surface area (Å²) in [6.07, 6.45) is 7.33. The van der Waals surface area contributed by atoms with E-state index in [2.05, 4.69) is 28.1 Å². The van der Waals surface area contributed by atoms with Crippen molar-refractivity contribution in [2.24, 2.45) is 11.8 Å². The van der Waals surface area contributed by atoms with E-state index < -0.39 is 35.6 Å². The average molecular weight is 646 g/mol. The third kappa shape index (κ3) is 8.41. The van der Waals surface area contributed by atoms with Crippen molar-refractivity contribution in [2.45, 2.75) is 88.8 Å². The molecular weight excluding hydrogens is 598 g/mol. The molecule has 0 radical (unpaired) electrons. The normalized spacial score (nSPS) is 22.9. The molecule has 3 amide bonds. The van der Waals surface area contributed by atoms with Crippen LogP contribution >= 0.6 is 0 Å². The topological polar surface area (TPSA) is 143 Å². The summed E-state index contributed by atoms with van der Waals surface area (Å²) < 4.78 is 11.3. The van der Waals surface area contributed by atoms with E-state index in [1.165, 1.54) is 0 Å². The van der Waals surface area contributed by atoms with Gasteiger partial charge in [0.25, 0.3) is 0 Å². The van der Waals surface area contributed by atoms with Gasteiger partial charge in [0.2, 0.25) is 11.8 Å². The number of rotatable bonds is 8. The molecule has 1 aliphatic heterocycles. The highest BCUT2D eigenvalue weighted by Crippen LogP contribution is 2.44. The summed E-state index contributed by atoms with van der Waals surface area (Å²) in [4.78, 5) is 52.7. The number of alkyl carbamates (subject to hydrolysis) is 1. The minimum absolute atomic E-state index is 0.0194. The highest BCUT2D eigenvalue weighted by atomic mass is 16.6. The third-order valence-corrected chi connectivity index (χ3v) is 9.74. The molecule has 5 rings (SSSR count). The number of carbonyl (C=O) groups excluding carboxylic acids is 4. The molecule has 252 valence electrons. The fraction of sp³-hybridized carbons (Fsp3) is 0.514. The van der Waals surface area contributed by atoms with Crippen molar-refractivity contribution >= 4 is 23.9 Å². The molecular formula is C37H47N3O7. The highest BCUT2D eigenvalue weighted by Gasteiger charge is 2.36. The predicted octanol–water partition coefficient (Wildman–Crippen LogP) is 4.75. The lowest BCUT2D eigenvalue weighted by atomic mass is 9.94. The van der Waals surface area contributed by atoms with Gasteiger partial charge in [0.1, 0.15) is 19.3 Å².